The number of pyridine rings is 1. The van der Waals surface area contributed by atoms with E-state index in [4.69, 9.17) is 14.5 Å². The summed E-state index contributed by atoms with van der Waals surface area (Å²) in [5, 5.41) is 0. The third-order valence-electron chi connectivity index (χ3n) is 4.36. The van der Waals surface area contributed by atoms with E-state index in [0.29, 0.717) is 6.54 Å². The van der Waals surface area contributed by atoms with Gasteiger partial charge in [-0.15, -0.1) is 0 Å². The summed E-state index contributed by atoms with van der Waals surface area (Å²) in [6.45, 7) is 10.4. The van der Waals surface area contributed by atoms with E-state index < -0.39 is 5.60 Å². The summed E-state index contributed by atoms with van der Waals surface area (Å²) in [7, 11) is 0. The summed E-state index contributed by atoms with van der Waals surface area (Å²) in [5.74, 6) is 0.766. The van der Waals surface area contributed by atoms with Crippen molar-refractivity contribution in [2.24, 2.45) is 0 Å². The largest absolute Gasteiger partial charge is 0.490 e. The number of carbonyl (C=O) groups is 1. The fourth-order valence-electron chi connectivity index (χ4n) is 3.29. The van der Waals surface area contributed by atoms with Crippen molar-refractivity contribution in [2.75, 3.05) is 6.54 Å². The Bertz CT molecular complexity index is 826. The second-order valence-corrected chi connectivity index (χ2v) is 9.12. The van der Waals surface area contributed by atoms with E-state index in [1.165, 1.54) is 0 Å². The molecule has 0 bridgehead atoms. The van der Waals surface area contributed by atoms with E-state index in [1.54, 1.807) is 0 Å². The Balaban J connectivity index is 1.90. The summed E-state index contributed by atoms with van der Waals surface area (Å²) >= 11 is 3.56. The van der Waals surface area contributed by atoms with Crippen LogP contribution in [0.4, 0.5) is 4.79 Å². The number of hydrogen-bond donors (Lipinski definition) is 0. The summed E-state index contributed by atoms with van der Waals surface area (Å²) in [6, 6.07) is 1.86. The van der Waals surface area contributed by atoms with Crippen LogP contribution in [0.1, 0.15) is 65.6 Å². The molecular weight excluding hydrogens is 410 g/mol. The quantitative estimate of drug-likeness (QED) is 0.649. The molecule has 1 aliphatic heterocycles. The summed E-state index contributed by atoms with van der Waals surface area (Å²) < 4.78 is 14.3. The minimum Gasteiger partial charge on any atom is -0.490 e. The maximum atomic E-state index is 12.7. The number of imidazole rings is 1. The van der Waals surface area contributed by atoms with Crippen molar-refractivity contribution in [3.05, 3.63) is 28.6 Å². The average molecular weight is 438 g/mol. The number of amides is 1. The zero-order valence-corrected chi connectivity index (χ0v) is 18.2. The van der Waals surface area contributed by atoms with Crippen LogP contribution in [-0.4, -0.2) is 38.6 Å². The molecule has 7 heteroatoms. The number of hydrogen-bond acceptors (Lipinski definition) is 4. The first-order chi connectivity index (χ1) is 12.6. The first kappa shape index (κ1) is 20.0. The van der Waals surface area contributed by atoms with Crippen molar-refractivity contribution in [3.8, 4) is 5.75 Å². The van der Waals surface area contributed by atoms with Crippen LogP contribution in [0, 0.1) is 0 Å². The molecule has 3 rings (SSSR count). The van der Waals surface area contributed by atoms with Crippen molar-refractivity contribution in [1.82, 2.24) is 14.3 Å². The van der Waals surface area contributed by atoms with Crippen LogP contribution < -0.4 is 4.74 Å². The van der Waals surface area contributed by atoms with Crippen molar-refractivity contribution >= 4 is 27.7 Å². The molecule has 27 heavy (non-hydrogen) atoms. The Hall–Kier alpha value is -1.76. The molecule has 0 spiro atoms. The van der Waals surface area contributed by atoms with E-state index in [1.807, 2.05) is 62.4 Å². The zero-order valence-electron chi connectivity index (χ0n) is 16.7. The smallest absolute Gasteiger partial charge is 0.410 e. The summed E-state index contributed by atoms with van der Waals surface area (Å²) in [4.78, 5) is 19.3. The third-order valence-corrected chi connectivity index (χ3v) is 4.96. The first-order valence-electron chi connectivity index (χ1n) is 9.48. The van der Waals surface area contributed by atoms with Crippen molar-refractivity contribution in [2.45, 2.75) is 71.6 Å². The lowest BCUT2D eigenvalue weighted by Gasteiger charge is -2.35. The van der Waals surface area contributed by atoms with Crippen molar-refractivity contribution in [3.63, 3.8) is 0 Å². The summed E-state index contributed by atoms with van der Waals surface area (Å²) in [6.07, 6.45) is 6.70. The Morgan fingerprint density at radius 3 is 2.70 bits per heavy atom. The van der Waals surface area contributed by atoms with E-state index in [2.05, 4.69) is 15.9 Å². The molecule has 1 aliphatic rings. The van der Waals surface area contributed by atoms with E-state index in [9.17, 15) is 4.79 Å². The van der Waals surface area contributed by atoms with Crippen LogP contribution >= 0.6 is 15.9 Å². The molecule has 0 N–H and O–H groups in total. The molecule has 6 nitrogen and oxygen atoms in total. The Labute approximate surface area is 169 Å². The summed E-state index contributed by atoms with van der Waals surface area (Å²) in [5.41, 5.74) is 1.18. The van der Waals surface area contributed by atoms with Crippen LogP contribution in [0.15, 0.2) is 22.9 Å². The predicted molar refractivity (Wildman–Crippen MR) is 108 cm³/mol. The van der Waals surface area contributed by atoms with Gasteiger partial charge in [0.2, 0.25) is 0 Å². The number of carbonyl (C=O) groups excluding carboxylic acids is 1. The maximum Gasteiger partial charge on any atom is 0.410 e. The SMILES string of the molecule is CC(C)Oc1cc2nc(C3CCCCN3C(=O)OC(C)(C)C)cn2cc1Br. The van der Waals surface area contributed by atoms with Gasteiger partial charge in [-0.1, -0.05) is 0 Å². The second-order valence-electron chi connectivity index (χ2n) is 8.27. The minimum absolute atomic E-state index is 0.0678. The molecule has 2 aromatic heterocycles. The first-order valence-corrected chi connectivity index (χ1v) is 10.3. The highest BCUT2D eigenvalue weighted by Crippen LogP contribution is 2.33. The topological polar surface area (TPSA) is 56.1 Å². The van der Waals surface area contributed by atoms with Crippen molar-refractivity contribution < 1.29 is 14.3 Å². The third kappa shape index (κ3) is 4.75. The fraction of sp³-hybridized carbons (Fsp3) is 0.600. The molecule has 1 atom stereocenters. The van der Waals surface area contributed by atoms with E-state index >= 15 is 0 Å². The highest BCUT2D eigenvalue weighted by molar-refractivity contribution is 9.10. The van der Waals surface area contributed by atoms with Gasteiger partial charge in [0, 0.05) is 25.0 Å². The number of aromatic nitrogens is 2. The van der Waals surface area contributed by atoms with Gasteiger partial charge in [-0.3, -0.25) is 4.90 Å². The molecule has 148 valence electrons. The van der Waals surface area contributed by atoms with E-state index in [-0.39, 0.29) is 18.2 Å². The molecular formula is C20H28BrN3O3. The highest BCUT2D eigenvalue weighted by Gasteiger charge is 2.33. The van der Waals surface area contributed by atoms with Crippen LogP contribution in [0.2, 0.25) is 0 Å². The molecule has 0 aromatic carbocycles. The predicted octanol–water partition coefficient (Wildman–Crippen LogP) is 5.35. The molecule has 2 aromatic rings. The number of fused-ring (bicyclic) bond motifs is 1. The number of likely N-dealkylation sites (tertiary alicyclic amines) is 1. The standard InChI is InChI=1S/C20H28BrN3O3/c1-13(2)26-17-10-18-22-15(12-23(18)11-14(17)21)16-8-6-7-9-24(16)19(25)27-20(3,4)5/h10-13,16H,6-9H2,1-5H3. The number of nitrogens with zero attached hydrogens (tertiary/aromatic N) is 3. The van der Waals surface area contributed by atoms with Gasteiger partial charge in [0.15, 0.2) is 0 Å². The molecule has 1 unspecified atom stereocenters. The number of rotatable bonds is 3. The lowest BCUT2D eigenvalue weighted by atomic mass is 10.0. The minimum atomic E-state index is -0.508. The van der Waals surface area contributed by atoms with Crippen LogP contribution in [0.25, 0.3) is 5.65 Å². The van der Waals surface area contributed by atoms with Crippen LogP contribution in [-0.2, 0) is 4.74 Å². The van der Waals surface area contributed by atoms with Gasteiger partial charge in [0.05, 0.1) is 22.3 Å². The Morgan fingerprint density at radius 1 is 1.30 bits per heavy atom. The van der Waals surface area contributed by atoms with Crippen LogP contribution in [0.5, 0.6) is 5.75 Å². The molecule has 1 fully saturated rings. The monoisotopic (exact) mass is 437 g/mol. The molecule has 0 aliphatic carbocycles. The molecule has 1 amide bonds. The Kier molecular flexibility index (Phi) is 5.70. The van der Waals surface area contributed by atoms with Gasteiger partial charge < -0.3 is 13.9 Å². The lowest BCUT2D eigenvalue weighted by molar-refractivity contribution is 0.00906. The van der Waals surface area contributed by atoms with Gasteiger partial charge in [0.1, 0.15) is 17.0 Å². The van der Waals surface area contributed by atoms with Gasteiger partial charge >= 0.3 is 6.09 Å². The van der Waals surface area contributed by atoms with Crippen molar-refractivity contribution in [1.29, 1.82) is 0 Å². The van der Waals surface area contributed by atoms with Crippen LogP contribution in [0.3, 0.4) is 0 Å². The Morgan fingerprint density at radius 2 is 2.04 bits per heavy atom. The van der Waals surface area contributed by atoms with Gasteiger partial charge in [-0.05, 0) is 69.8 Å². The number of piperidine rings is 1. The average Bonchev–Trinajstić information content (AvgIpc) is 2.95. The fourth-order valence-corrected chi connectivity index (χ4v) is 3.72. The molecule has 0 saturated carbocycles. The second kappa shape index (κ2) is 7.70. The van der Waals surface area contributed by atoms with E-state index in [0.717, 1.165) is 40.8 Å². The zero-order chi connectivity index (χ0) is 19.8. The number of ether oxygens (including phenoxy) is 2. The van der Waals surface area contributed by atoms with Gasteiger partial charge in [-0.25, -0.2) is 9.78 Å². The highest BCUT2D eigenvalue weighted by atomic mass is 79.9. The lowest BCUT2D eigenvalue weighted by Crippen LogP contribution is -2.42. The van der Waals surface area contributed by atoms with Gasteiger partial charge in [0.25, 0.3) is 0 Å². The molecule has 3 heterocycles. The van der Waals surface area contributed by atoms with Gasteiger partial charge in [-0.2, -0.15) is 0 Å². The molecule has 1 saturated heterocycles. The normalized spacial score (nSPS) is 18.2. The maximum absolute atomic E-state index is 12.7. The number of halogens is 1. The molecule has 0 radical (unpaired) electrons.